The quantitative estimate of drug-likeness (QED) is 0.451. The molecule has 0 aliphatic carbocycles. The van der Waals surface area contributed by atoms with E-state index in [4.69, 9.17) is 5.11 Å². The van der Waals surface area contributed by atoms with Gasteiger partial charge in [-0.25, -0.2) is 0 Å². The number of carbonyl (C=O) groups excluding carboxylic acids is 2. The van der Waals surface area contributed by atoms with Gasteiger partial charge in [-0.1, -0.05) is 0 Å². The normalized spacial score (nSPS) is 10.7. The number of nitrogens with one attached hydrogen (secondary N) is 2. The van der Waals surface area contributed by atoms with Gasteiger partial charge in [0.05, 0.1) is 12.1 Å². The van der Waals surface area contributed by atoms with E-state index in [0.717, 1.165) is 0 Å². The molecule has 3 N–H and O–H groups in total. The van der Waals surface area contributed by atoms with Crippen molar-refractivity contribution >= 4 is 11.8 Å². The van der Waals surface area contributed by atoms with Crippen molar-refractivity contribution in [1.82, 2.24) is 10.6 Å². The average Bonchev–Trinajstić information content (AvgIpc) is 2.02. The summed E-state index contributed by atoms with van der Waals surface area (Å²) in [5.41, 5.74) is -0.760. The molecule has 0 aliphatic heterocycles. The zero-order valence-electron chi connectivity index (χ0n) is 7.47. The van der Waals surface area contributed by atoms with Gasteiger partial charge in [0.15, 0.2) is 0 Å². The Bertz CT molecular complexity index is 189. The van der Waals surface area contributed by atoms with Crippen molar-refractivity contribution in [3.8, 4) is 0 Å². The van der Waals surface area contributed by atoms with Crippen LogP contribution in [0.5, 0.6) is 0 Å². The predicted octanol–water partition coefficient (Wildman–Crippen LogP) is -1.38. The molecule has 0 spiro atoms. The number of carbonyl (C=O) groups is 2. The Balaban J connectivity index is 4.09. The van der Waals surface area contributed by atoms with Gasteiger partial charge in [0.1, 0.15) is 0 Å². The molecule has 0 atom stereocenters. The highest BCUT2D eigenvalue weighted by atomic mass is 16.3. The Morgan fingerprint density at radius 2 is 1.83 bits per heavy atom. The summed E-state index contributed by atoms with van der Waals surface area (Å²) in [5.74, 6) is -1.45. The van der Waals surface area contributed by atoms with E-state index < -0.39 is 17.4 Å². The second kappa shape index (κ2) is 4.06. The Labute approximate surface area is 71.1 Å². The number of rotatable bonds is 2. The van der Waals surface area contributed by atoms with Crippen molar-refractivity contribution in [1.29, 1.82) is 0 Å². The van der Waals surface area contributed by atoms with E-state index in [0.29, 0.717) is 0 Å². The smallest absolute Gasteiger partial charge is 0.309 e. The Hall–Kier alpha value is -1.10. The zero-order valence-corrected chi connectivity index (χ0v) is 7.47. The van der Waals surface area contributed by atoms with Crippen LogP contribution in [0.3, 0.4) is 0 Å². The summed E-state index contributed by atoms with van der Waals surface area (Å²) in [7, 11) is 1.37. The lowest BCUT2D eigenvalue weighted by Crippen LogP contribution is -2.51. The number of likely N-dealkylation sites (N-methyl/N-ethyl adjacent to an activating group) is 1. The molecule has 70 valence electrons. The van der Waals surface area contributed by atoms with E-state index in [-0.39, 0.29) is 6.61 Å². The van der Waals surface area contributed by atoms with E-state index in [1.165, 1.54) is 7.05 Å². The number of aliphatic hydroxyl groups excluding tert-OH is 1. The van der Waals surface area contributed by atoms with Gasteiger partial charge in [0, 0.05) is 7.05 Å². The van der Waals surface area contributed by atoms with E-state index in [9.17, 15) is 9.59 Å². The molecule has 5 nitrogen and oxygen atoms in total. The van der Waals surface area contributed by atoms with E-state index in [1.54, 1.807) is 13.8 Å². The molecule has 0 saturated carbocycles. The topological polar surface area (TPSA) is 78.4 Å². The summed E-state index contributed by atoms with van der Waals surface area (Å²) in [6, 6.07) is 0. The molecular formula is C7H14N2O3. The summed E-state index contributed by atoms with van der Waals surface area (Å²) in [6.45, 7) is 3.03. The molecule has 0 heterocycles. The van der Waals surface area contributed by atoms with Crippen molar-refractivity contribution < 1.29 is 14.7 Å². The molecule has 0 fully saturated rings. The van der Waals surface area contributed by atoms with Crippen LogP contribution in [0.25, 0.3) is 0 Å². The number of hydrogen-bond acceptors (Lipinski definition) is 3. The number of aliphatic hydroxyl groups is 1. The molecule has 0 aliphatic rings. The second-order valence-corrected chi connectivity index (χ2v) is 3.08. The van der Waals surface area contributed by atoms with Crippen LogP contribution in [0, 0.1) is 0 Å². The van der Waals surface area contributed by atoms with Crippen LogP contribution in [-0.2, 0) is 9.59 Å². The van der Waals surface area contributed by atoms with Gasteiger partial charge in [-0.15, -0.1) is 0 Å². The first-order valence-corrected chi connectivity index (χ1v) is 3.58. The summed E-state index contributed by atoms with van der Waals surface area (Å²) >= 11 is 0. The molecule has 0 aromatic carbocycles. The van der Waals surface area contributed by atoms with E-state index >= 15 is 0 Å². The number of amides is 2. The van der Waals surface area contributed by atoms with Crippen LogP contribution >= 0.6 is 0 Å². The van der Waals surface area contributed by atoms with E-state index in [1.807, 2.05) is 0 Å². The van der Waals surface area contributed by atoms with E-state index in [2.05, 4.69) is 10.6 Å². The monoisotopic (exact) mass is 174 g/mol. The maximum atomic E-state index is 10.9. The summed E-state index contributed by atoms with van der Waals surface area (Å²) in [4.78, 5) is 21.6. The molecule has 12 heavy (non-hydrogen) atoms. The molecule has 0 rings (SSSR count). The summed E-state index contributed by atoms with van der Waals surface area (Å²) < 4.78 is 0. The fourth-order valence-electron chi connectivity index (χ4n) is 0.517. The van der Waals surface area contributed by atoms with Crippen LogP contribution in [0.2, 0.25) is 0 Å². The molecule has 0 aromatic heterocycles. The Morgan fingerprint density at radius 3 is 2.17 bits per heavy atom. The Morgan fingerprint density at radius 1 is 1.33 bits per heavy atom. The third kappa shape index (κ3) is 3.34. The molecule has 0 aromatic rings. The predicted molar refractivity (Wildman–Crippen MR) is 43.4 cm³/mol. The maximum Gasteiger partial charge on any atom is 0.309 e. The third-order valence-corrected chi connectivity index (χ3v) is 1.28. The molecule has 5 heteroatoms. The number of hydrogen-bond donors (Lipinski definition) is 3. The van der Waals surface area contributed by atoms with Gasteiger partial charge in [-0.05, 0) is 13.8 Å². The molecular weight excluding hydrogens is 160 g/mol. The first-order chi connectivity index (χ1) is 5.43. The lowest BCUT2D eigenvalue weighted by molar-refractivity contribution is -0.140. The molecule has 2 amide bonds. The minimum absolute atomic E-state index is 0.213. The Kier molecular flexibility index (Phi) is 3.69. The fourth-order valence-corrected chi connectivity index (χ4v) is 0.517. The van der Waals surface area contributed by atoms with Crippen molar-refractivity contribution in [2.75, 3.05) is 13.7 Å². The van der Waals surface area contributed by atoms with Crippen molar-refractivity contribution in [2.45, 2.75) is 19.4 Å². The highest BCUT2D eigenvalue weighted by Gasteiger charge is 2.22. The van der Waals surface area contributed by atoms with Gasteiger partial charge in [-0.3, -0.25) is 9.59 Å². The SMILES string of the molecule is CNC(=O)C(=O)NC(C)(C)CO. The largest absolute Gasteiger partial charge is 0.394 e. The first-order valence-electron chi connectivity index (χ1n) is 3.58. The van der Waals surface area contributed by atoms with Crippen LogP contribution in [0.1, 0.15) is 13.8 Å². The zero-order chi connectivity index (χ0) is 9.78. The maximum absolute atomic E-state index is 10.9. The summed E-state index contributed by atoms with van der Waals surface area (Å²) in [6.07, 6.45) is 0. The molecule has 0 radical (unpaired) electrons. The molecule has 0 unspecified atom stereocenters. The van der Waals surface area contributed by atoms with Gasteiger partial charge in [0.25, 0.3) is 0 Å². The van der Waals surface area contributed by atoms with Gasteiger partial charge in [-0.2, -0.15) is 0 Å². The van der Waals surface area contributed by atoms with Crippen LogP contribution < -0.4 is 10.6 Å². The van der Waals surface area contributed by atoms with Gasteiger partial charge >= 0.3 is 11.8 Å². The standard InChI is InChI=1S/C7H14N2O3/c1-7(2,4-10)9-6(12)5(11)8-3/h10H,4H2,1-3H3,(H,8,11)(H,9,12). The highest BCUT2D eigenvalue weighted by Crippen LogP contribution is 1.98. The third-order valence-electron chi connectivity index (χ3n) is 1.28. The highest BCUT2D eigenvalue weighted by molar-refractivity contribution is 6.35. The van der Waals surface area contributed by atoms with Crippen molar-refractivity contribution in [3.63, 3.8) is 0 Å². The molecule has 0 bridgehead atoms. The minimum Gasteiger partial charge on any atom is -0.394 e. The van der Waals surface area contributed by atoms with Crippen LogP contribution in [-0.4, -0.2) is 36.1 Å². The van der Waals surface area contributed by atoms with Crippen molar-refractivity contribution in [2.24, 2.45) is 0 Å². The second-order valence-electron chi connectivity index (χ2n) is 3.08. The minimum atomic E-state index is -0.760. The van der Waals surface area contributed by atoms with Crippen LogP contribution in [0.4, 0.5) is 0 Å². The van der Waals surface area contributed by atoms with Gasteiger partial charge in [0.2, 0.25) is 0 Å². The van der Waals surface area contributed by atoms with Crippen molar-refractivity contribution in [3.05, 3.63) is 0 Å². The average molecular weight is 174 g/mol. The van der Waals surface area contributed by atoms with Crippen LogP contribution in [0.15, 0.2) is 0 Å². The summed E-state index contributed by atoms with van der Waals surface area (Å²) in [5, 5.41) is 13.3. The lowest BCUT2D eigenvalue weighted by Gasteiger charge is -2.22. The first kappa shape index (κ1) is 10.9. The lowest BCUT2D eigenvalue weighted by atomic mass is 10.1. The fraction of sp³-hybridized carbons (Fsp3) is 0.714. The molecule has 0 saturated heterocycles. The van der Waals surface area contributed by atoms with Gasteiger partial charge < -0.3 is 15.7 Å².